The van der Waals surface area contributed by atoms with Gasteiger partial charge in [-0.1, -0.05) is 30.3 Å². The van der Waals surface area contributed by atoms with Gasteiger partial charge in [0.15, 0.2) is 0 Å². The van der Waals surface area contributed by atoms with Gasteiger partial charge in [0.05, 0.1) is 34.8 Å². The van der Waals surface area contributed by atoms with Gasteiger partial charge >= 0.3 is 6.18 Å². The summed E-state index contributed by atoms with van der Waals surface area (Å²) in [4.78, 5) is 33.4. The molecular formula is C28H26F3N3O3. The Kier molecular flexibility index (Phi) is 7.45. The molecule has 192 valence electrons. The predicted octanol–water partition coefficient (Wildman–Crippen LogP) is 5.56. The monoisotopic (exact) mass is 509 g/mol. The zero-order chi connectivity index (χ0) is 26.7. The number of para-hydroxylation sites is 1. The molecule has 1 heterocycles. The molecule has 0 bridgehead atoms. The van der Waals surface area contributed by atoms with Gasteiger partial charge in [0.1, 0.15) is 5.82 Å². The number of hydrogen-bond donors (Lipinski definition) is 0. The first-order chi connectivity index (χ1) is 17.6. The van der Waals surface area contributed by atoms with Gasteiger partial charge in [-0.05, 0) is 61.9 Å². The number of nitrogens with zero attached hydrogens (tertiary/aromatic N) is 3. The van der Waals surface area contributed by atoms with Gasteiger partial charge in [0.2, 0.25) is 0 Å². The molecule has 6 nitrogen and oxygen atoms in total. The number of ether oxygens (including phenoxy) is 1. The Balaban J connectivity index is 1.89. The van der Waals surface area contributed by atoms with Gasteiger partial charge in [-0.25, -0.2) is 4.98 Å². The van der Waals surface area contributed by atoms with Crippen molar-refractivity contribution in [1.82, 2.24) is 14.5 Å². The van der Waals surface area contributed by atoms with Crippen molar-refractivity contribution in [3.63, 3.8) is 0 Å². The zero-order valence-corrected chi connectivity index (χ0v) is 20.6. The lowest BCUT2D eigenvalue weighted by Crippen LogP contribution is -2.39. The van der Waals surface area contributed by atoms with E-state index in [2.05, 4.69) is 0 Å². The molecule has 9 heteroatoms. The van der Waals surface area contributed by atoms with Crippen molar-refractivity contribution < 1.29 is 22.7 Å². The van der Waals surface area contributed by atoms with Gasteiger partial charge in [-0.2, -0.15) is 13.2 Å². The van der Waals surface area contributed by atoms with Gasteiger partial charge in [-0.15, -0.1) is 0 Å². The zero-order valence-electron chi connectivity index (χ0n) is 20.6. The summed E-state index contributed by atoms with van der Waals surface area (Å²) in [6.45, 7) is 3.80. The second-order valence-electron chi connectivity index (χ2n) is 8.71. The molecule has 1 amide bonds. The van der Waals surface area contributed by atoms with Crippen molar-refractivity contribution in [2.24, 2.45) is 0 Å². The maximum absolute atomic E-state index is 13.7. The lowest BCUT2D eigenvalue weighted by Gasteiger charge is -2.30. The molecule has 0 aliphatic carbocycles. The highest BCUT2D eigenvalue weighted by atomic mass is 19.4. The van der Waals surface area contributed by atoms with Crippen LogP contribution in [-0.4, -0.2) is 40.6 Å². The average molecular weight is 510 g/mol. The summed E-state index contributed by atoms with van der Waals surface area (Å²) < 4.78 is 46.6. The molecule has 0 N–H and O–H groups in total. The van der Waals surface area contributed by atoms with E-state index >= 15 is 0 Å². The van der Waals surface area contributed by atoms with Crippen LogP contribution in [0.15, 0.2) is 77.6 Å². The number of rotatable bonds is 7. The Morgan fingerprint density at radius 1 is 1.05 bits per heavy atom. The van der Waals surface area contributed by atoms with Crippen LogP contribution in [0.1, 0.15) is 40.3 Å². The quantitative estimate of drug-likeness (QED) is 0.327. The fraction of sp³-hybridized carbons (Fsp3) is 0.250. The van der Waals surface area contributed by atoms with Crippen LogP contribution in [-0.2, 0) is 10.9 Å². The van der Waals surface area contributed by atoms with Crippen molar-refractivity contribution in [1.29, 1.82) is 0 Å². The van der Waals surface area contributed by atoms with Crippen LogP contribution >= 0.6 is 0 Å². The number of carbonyl (C=O) groups is 1. The summed E-state index contributed by atoms with van der Waals surface area (Å²) in [7, 11) is 1.47. The summed E-state index contributed by atoms with van der Waals surface area (Å²) in [5.74, 6) is -0.348. The van der Waals surface area contributed by atoms with Crippen LogP contribution < -0.4 is 5.56 Å². The molecule has 1 atom stereocenters. The van der Waals surface area contributed by atoms with E-state index in [9.17, 15) is 22.8 Å². The first-order valence-corrected chi connectivity index (χ1v) is 11.7. The van der Waals surface area contributed by atoms with E-state index < -0.39 is 23.7 Å². The Morgan fingerprint density at radius 3 is 2.49 bits per heavy atom. The third-order valence-corrected chi connectivity index (χ3v) is 6.14. The van der Waals surface area contributed by atoms with Crippen LogP contribution in [0.2, 0.25) is 0 Å². The van der Waals surface area contributed by atoms with Crippen LogP contribution in [0.5, 0.6) is 0 Å². The van der Waals surface area contributed by atoms with Gasteiger partial charge < -0.3 is 9.64 Å². The SMILES string of the molecule is COCCN(C(=O)c1cccc(C(F)(F)F)c1)C(C)c1nc2ccccc2c(=O)n1-c1cccc(C)c1. The fourth-order valence-electron chi connectivity index (χ4n) is 4.24. The van der Waals surface area contributed by atoms with E-state index in [-0.39, 0.29) is 30.1 Å². The second kappa shape index (κ2) is 10.6. The highest BCUT2D eigenvalue weighted by molar-refractivity contribution is 5.94. The van der Waals surface area contributed by atoms with Crippen molar-refractivity contribution >= 4 is 16.8 Å². The third-order valence-electron chi connectivity index (χ3n) is 6.14. The second-order valence-corrected chi connectivity index (χ2v) is 8.71. The number of halogens is 3. The Labute approximate surface area is 211 Å². The van der Waals surface area contributed by atoms with Crippen LogP contribution in [0.3, 0.4) is 0 Å². The maximum Gasteiger partial charge on any atom is 0.416 e. The topological polar surface area (TPSA) is 64.4 Å². The Morgan fingerprint density at radius 2 is 1.78 bits per heavy atom. The van der Waals surface area contributed by atoms with Crippen molar-refractivity contribution in [3.05, 3.63) is 106 Å². The smallest absolute Gasteiger partial charge is 0.383 e. The van der Waals surface area contributed by atoms with Gasteiger partial charge in [0, 0.05) is 19.2 Å². The minimum absolute atomic E-state index is 0.0727. The normalized spacial score (nSPS) is 12.5. The number of benzene rings is 3. The summed E-state index contributed by atoms with van der Waals surface area (Å²) >= 11 is 0. The molecule has 0 radical (unpaired) electrons. The maximum atomic E-state index is 13.7. The summed E-state index contributed by atoms with van der Waals surface area (Å²) in [6, 6.07) is 17.7. The Bertz CT molecular complexity index is 1500. The summed E-state index contributed by atoms with van der Waals surface area (Å²) in [5.41, 5.74) is 0.602. The van der Waals surface area contributed by atoms with E-state index in [0.717, 1.165) is 17.7 Å². The van der Waals surface area contributed by atoms with E-state index in [1.54, 1.807) is 37.3 Å². The first-order valence-electron chi connectivity index (χ1n) is 11.7. The number of hydrogen-bond acceptors (Lipinski definition) is 4. The molecule has 4 rings (SSSR count). The molecule has 0 fully saturated rings. The largest absolute Gasteiger partial charge is 0.416 e. The Hall–Kier alpha value is -3.98. The van der Waals surface area contributed by atoms with Gasteiger partial charge in [0.25, 0.3) is 11.5 Å². The number of aromatic nitrogens is 2. The molecule has 0 saturated heterocycles. The van der Waals surface area contributed by atoms with Crippen LogP contribution in [0.25, 0.3) is 16.6 Å². The molecule has 0 aliphatic heterocycles. The predicted molar refractivity (Wildman–Crippen MR) is 135 cm³/mol. The van der Waals surface area contributed by atoms with Crippen molar-refractivity contribution in [2.45, 2.75) is 26.1 Å². The van der Waals surface area contributed by atoms with E-state index in [1.807, 2.05) is 25.1 Å². The number of fused-ring (bicyclic) bond motifs is 1. The highest BCUT2D eigenvalue weighted by Gasteiger charge is 2.33. The van der Waals surface area contributed by atoms with Crippen LogP contribution in [0, 0.1) is 6.92 Å². The molecule has 0 spiro atoms. The lowest BCUT2D eigenvalue weighted by molar-refractivity contribution is -0.137. The number of aryl methyl sites for hydroxylation is 1. The molecular weight excluding hydrogens is 483 g/mol. The molecule has 1 unspecified atom stereocenters. The average Bonchev–Trinajstić information content (AvgIpc) is 2.88. The summed E-state index contributed by atoms with van der Waals surface area (Å²) in [6.07, 6.45) is -4.59. The fourth-order valence-corrected chi connectivity index (χ4v) is 4.24. The molecule has 4 aromatic rings. The number of alkyl halides is 3. The third kappa shape index (κ3) is 5.41. The molecule has 37 heavy (non-hydrogen) atoms. The molecule has 1 aromatic heterocycles. The summed E-state index contributed by atoms with van der Waals surface area (Å²) in [5, 5.41) is 0.410. The number of methoxy groups -OCH3 is 1. The number of carbonyl (C=O) groups excluding carboxylic acids is 1. The minimum atomic E-state index is -4.59. The molecule has 0 saturated carbocycles. The molecule has 3 aromatic carbocycles. The van der Waals surface area contributed by atoms with E-state index in [0.29, 0.717) is 16.6 Å². The van der Waals surface area contributed by atoms with Crippen molar-refractivity contribution in [2.75, 3.05) is 20.3 Å². The minimum Gasteiger partial charge on any atom is -0.383 e. The van der Waals surface area contributed by atoms with Crippen LogP contribution in [0.4, 0.5) is 13.2 Å². The van der Waals surface area contributed by atoms with Gasteiger partial charge in [-0.3, -0.25) is 14.2 Å². The van der Waals surface area contributed by atoms with Crippen molar-refractivity contribution in [3.8, 4) is 5.69 Å². The molecule has 0 aliphatic rings. The van der Waals surface area contributed by atoms with E-state index in [4.69, 9.17) is 9.72 Å². The first kappa shape index (κ1) is 26.1. The van der Waals surface area contributed by atoms with E-state index in [1.165, 1.54) is 28.7 Å². The highest BCUT2D eigenvalue weighted by Crippen LogP contribution is 2.31. The number of amides is 1. The standard InChI is InChI=1S/C28H26F3N3O3/c1-18-8-6-11-22(16-18)34-25(32-24-13-5-4-12-23(24)27(34)36)19(2)33(14-15-37-3)26(35)20-9-7-10-21(17-20)28(29,30)31/h4-13,16-17,19H,14-15H2,1-3H3. The lowest BCUT2D eigenvalue weighted by atomic mass is 10.1.